The zero-order chi connectivity index (χ0) is 8.48. The SMILES string of the molecule is CC(C)C(C)(O)c1ccsc1. The third-order valence-corrected chi connectivity index (χ3v) is 2.91. The van der Waals surface area contributed by atoms with E-state index in [4.69, 9.17) is 0 Å². The standard InChI is InChI=1S/C9H14OS/c1-7(2)9(3,10)8-4-5-11-6-8/h4-7,10H,1-3H3. The van der Waals surface area contributed by atoms with Gasteiger partial charge < -0.3 is 5.11 Å². The van der Waals surface area contributed by atoms with Crippen LogP contribution in [0.4, 0.5) is 0 Å². The molecule has 0 bridgehead atoms. The summed E-state index contributed by atoms with van der Waals surface area (Å²) in [6.07, 6.45) is 0. The highest BCUT2D eigenvalue weighted by molar-refractivity contribution is 7.08. The average Bonchev–Trinajstić information content (AvgIpc) is 2.37. The highest BCUT2D eigenvalue weighted by Crippen LogP contribution is 2.29. The second-order valence-electron chi connectivity index (χ2n) is 3.31. The van der Waals surface area contributed by atoms with Gasteiger partial charge >= 0.3 is 0 Å². The lowest BCUT2D eigenvalue weighted by Gasteiger charge is -2.26. The Morgan fingerprint density at radius 3 is 2.55 bits per heavy atom. The molecular weight excluding hydrogens is 156 g/mol. The molecule has 0 fully saturated rings. The van der Waals surface area contributed by atoms with E-state index in [1.165, 1.54) is 0 Å². The van der Waals surface area contributed by atoms with Crippen LogP contribution < -0.4 is 0 Å². The smallest absolute Gasteiger partial charge is 0.0899 e. The van der Waals surface area contributed by atoms with Crippen LogP contribution in [0.5, 0.6) is 0 Å². The maximum atomic E-state index is 9.96. The second kappa shape index (κ2) is 2.95. The zero-order valence-electron chi connectivity index (χ0n) is 7.16. The predicted octanol–water partition coefficient (Wildman–Crippen LogP) is 2.61. The van der Waals surface area contributed by atoms with Crippen LogP contribution in [0.15, 0.2) is 16.8 Å². The van der Waals surface area contributed by atoms with Crippen LogP contribution in [0.25, 0.3) is 0 Å². The van der Waals surface area contributed by atoms with Gasteiger partial charge in [0.05, 0.1) is 5.60 Å². The van der Waals surface area contributed by atoms with Crippen molar-refractivity contribution in [2.24, 2.45) is 5.92 Å². The van der Waals surface area contributed by atoms with E-state index in [-0.39, 0.29) is 5.92 Å². The van der Waals surface area contributed by atoms with E-state index >= 15 is 0 Å². The summed E-state index contributed by atoms with van der Waals surface area (Å²) in [4.78, 5) is 0. The van der Waals surface area contributed by atoms with Gasteiger partial charge in [0.1, 0.15) is 0 Å². The first kappa shape index (κ1) is 8.75. The van der Waals surface area contributed by atoms with Gasteiger partial charge in [-0.2, -0.15) is 11.3 Å². The fourth-order valence-corrected chi connectivity index (χ4v) is 1.65. The van der Waals surface area contributed by atoms with Crippen LogP contribution in [0.1, 0.15) is 26.3 Å². The van der Waals surface area contributed by atoms with Gasteiger partial charge in [0.25, 0.3) is 0 Å². The minimum atomic E-state index is -0.667. The van der Waals surface area contributed by atoms with Crippen LogP contribution in [0.3, 0.4) is 0 Å². The molecule has 0 radical (unpaired) electrons. The van der Waals surface area contributed by atoms with Crippen molar-refractivity contribution in [2.75, 3.05) is 0 Å². The molecule has 1 nitrogen and oxygen atoms in total. The fourth-order valence-electron chi connectivity index (χ4n) is 0.886. The van der Waals surface area contributed by atoms with Crippen molar-refractivity contribution in [1.29, 1.82) is 0 Å². The number of rotatable bonds is 2. The monoisotopic (exact) mass is 170 g/mol. The summed E-state index contributed by atoms with van der Waals surface area (Å²) >= 11 is 1.62. The molecule has 0 saturated carbocycles. The highest BCUT2D eigenvalue weighted by Gasteiger charge is 2.27. The van der Waals surface area contributed by atoms with E-state index in [9.17, 15) is 5.11 Å². The Morgan fingerprint density at radius 1 is 1.55 bits per heavy atom. The highest BCUT2D eigenvalue weighted by atomic mass is 32.1. The van der Waals surface area contributed by atoms with E-state index in [0.29, 0.717) is 0 Å². The van der Waals surface area contributed by atoms with Gasteiger partial charge in [-0.3, -0.25) is 0 Å². The molecule has 0 aliphatic heterocycles. The molecule has 1 heterocycles. The van der Waals surface area contributed by atoms with Gasteiger partial charge in [-0.1, -0.05) is 13.8 Å². The maximum Gasteiger partial charge on any atom is 0.0899 e. The van der Waals surface area contributed by atoms with Gasteiger partial charge in [-0.15, -0.1) is 0 Å². The molecule has 0 saturated heterocycles. The Labute approximate surface area is 71.7 Å². The van der Waals surface area contributed by atoms with Crippen LogP contribution >= 0.6 is 11.3 Å². The van der Waals surface area contributed by atoms with Crippen LogP contribution in [-0.2, 0) is 5.60 Å². The van der Waals surface area contributed by atoms with E-state index in [2.05, 4.69) is 0 Å². The summed E-state index contributed by atoms with van der Waals surface area (Å²) in [6.45, 7) is 5.91. The van der Waals surface area contributed by atoms with Gasteiger partial charge in [-0.25, -0.2) is 0 Å². The molecule has 0 aliphatic rings. The molecule has 1 atom stereocenters. The molecule has 0 amide bonds. The third kappa shape index (κ3) is 1.63. The number of hydrogen-bond acceptors (Lipinski definition) is 2. The third-order valence-electron chi connectivity index (χ3n) is 2.23. The molecule has 2 heteroatoms. The van der Waals surface area contributed by atoms with Crippen molar-refractivity contribution < 1.29 is 5.11 Å². The van der Waals surface area contributed by atoms with Gasteiger partial charge in [0, 0.05) is 0 Å². The van der Waals surface area contributed by atoms with Crippen molar-refractivity contribution >= 4 is 11.3 Å². The molecule has 1 rings (SSSR count). The quantitative estimate of drug-likeness (QED) is 0.723. The van der Waals surface area contributed by atoms with E-state index in [1.54, 1.807) is 11.3 Å². The molecule has 0 spiro atoms. The summed E-state index contributed by atoms with van der Waals surface area (Å²) in [5.74, 6) is 0.261. The van der Waals surface area contributed by atoms with E-state index in [0.717, 1.165) is 5.56 Å². The Balaban J connectivity index is 2.90. The van der Waals surface area contributed by atoms with Gasteiger partial charge in [-0.05, 0) is 35.2 Å². The molecular formula is C9H14OS. The number of hydrogen-bond donors (Lipinski definition) is 1. The zero-order valence-corrected chi connectivity index (χ0v) is 7.98. The number of aliphatic hydroxyl groups is 1. The average molecular weight is 170 g/mol. The lowest BCUT2D eigenvalue weighted by molar-refractivity contribution is 0.00946. The Kier molecular flexibility index (Phi) is 2.35. The fraction of sp³-hybridized carbons (Fsp3) is 0.556. The summed E-state index contributed by atoms with van der Waals surface area (Å²) in [6, 6.07) is 1.98. The maximum absolute atomic E-state index is 9.96. The van der Waals surface area contributed by atoms with Crippen LogP contribution in [-0.4, -0.2) is 5.11 Å². The molecule has 62 valence electrons. The minimum absolute atomic E-state index is 0.261. The van der Waals surface area contributed by atoms with Crippen molar-refractivity contribution in [2.45, 2.75) is 26.4 Å². The Morgan fingerprint density at radius 2 is 2.18 bits per heavy atom. The van der Waals surface area contributed by atoms with Crippen molar-refractivity contribution in [3.8, 4) is 0 Å². The number of thiophene rings is 1. The van der Waals surface area contributed by atoms with Gasteiger partial charge in [0.2, 0.25) is 0 Å². The van der Waals surface area contributed by atoms with Gasteiger partial charge in [0.15, 0.2) is 0 Å². The van der Waals surface area contributed by atoms with E-state index < -0.39 is 5.60 Å². The molecule has 0 aliphatic carbocycles. The largest absolute Gasteiger partial charge is 0.385 e. The first-order chi connectivity index (χ1) is 5.05. The lowest BCUT2D eigenvalue weighted by Crippen LogP contribution is -2.27. The lowest BCUT2D eigenvalue weighted by atomic mass is 9.87. The second-order valence-corrected chi connectivity index (χ2v) is 4.09. The topological polar surface area (TPSA) is 20.2 Å². The van der Waals surface area contributed by atoms with Crippen LogP contribution in [0, 0.1) is 5.92 Å². The molecule has 1 N–H and O–H groups in total. The molecule has 11 heavy (non-hydrogen) atoms. The molecule has 1 aromatic rings. The van der Waals surface area contributed by atoms with E-state index in [1.807, 2.05) is 37.6 Å². The Hall–Kier alpha value is -0.340. The first-order valence-electron chi connectivity index (χ1n) is 3.80. The molecule has 1 aromatic heterocycles. The van der Waals surface area contributed by atoms with Crippen molar-refractivity contribution in [1.82, 2.24) is 0 Å². The first-order valence-corrected chi connectivity index (χ1v) is 4.74. The summed E-state index contributed by atoms with van der Waals surface area (Å²) in [5, 5.41) is 14.0. The Bertz CT molecular complexity index is 211. The summed E-state index contributed by atoms with van der Waals surface area (Å²) in [7, 11) is 0. The summed E-state index contributed by atoms with van der Waals surface area (Å²) < 4.78 is 0. The van der Waals surface area contributed by atoms with Crippen LogP contribution in [0.2, 0.25) is 0 Å². The molecule has 0 aromatic carbocycles. The normalized spacial score (nSPS) is 16.8. The van der Waals surface area contributed by atoms with Crippen molar-refractivity contribution in [3.05, 3.63) is 22.4 Å². The molecule has 1 unspecified atom stereocenters. The minimum Gasteiger partial charge on any atom is -0.385 e. The van der Waals surface area contributed by atoms with Crippen molar-refractivity contribution in [3.63, 3.8) is 0 Å². The predicted molar refractivity (Wildman–Crippen MR) is 48.7 cm³/mol. The summed E-state index contributed by atoms with van der Waals surface area (Å²) in [5.41, 5.74) is 0.359.